The number of para-hydroxylation sites is 1. The number of methoxy groups -OCH3 is 1. The molecule has 2 heterocycles. The summed E-state index contributed by atoms with van der Waals surface area (Å²) < 4.78 is 6.32. The molecule has 4 nitrogen and oxygen atoms in total. The van der Waals surface area contributed by atoms with Crippen molar-refractivity contribution in [3.63, 3.8) is 0 Å². The highest BCUT2D eigenvalue weighted by molar-refractivity contribution is 7.20. The van der Waals surface area contributed by atoms with Crippen LogP contribution in [-0.2, 0) is 0 Å². The molecule has 5 heteroatoms. The van der Waals surface area contributed by atoms with Gasteiger partial charge < -0.3 is 9.64 Å². The maximum Gasteiger partial charge on any atom is 0.282 e. The predicted molar refractivity (Wildman–Crippen MR) is 105 cm³/mol. The molecule has 0 saturated carbocycles. The molecule has 1 atom stereocenters. The highest BCUT2D eigenvalue weighted by atomic mass is 32.1. The number of amides is 1. The second-order valence-corrected chi connectivity index (χ2v) is 7.73. The third-order valence-corrected chi connectivity index (χ3v) is 6.05. The van der Waals surface area contributed by atoms with E-state index in [1.54, 1.807) is 7.11 Å². The Hall–Kier alpha value is -2.40. The van der Waals surface area contributed by atoms with Gasteiger partial charge in [0.1, 0.15) is 5.75 Å². The van der Waals surface area contributed by atoms with Crippen molar-refractivity contribution in [3.05, 3.63) is 59.1 Å². The molecule has 4 rings (SSSR count). The Bertz CT molecular complexity index is 871. The predicted octanol–water partition coefficient (Wildman–Crippen LogP) is 4.71. The van der Waals surface area contributed by atoms with Gasteiger partial charge in [-0.2, -0.15) is 0 Å². The van der Waals surface area contributed by atoms with E-state index in [2.05, 4.69) is 17.1 Å². The molecule has 1 aliphatic heterocycles. The summed E-state index contributed by atoms with van der Waals surface area (Å²) in [5.74, 6) is 1.29. The van der Waals surface area contributed by atoms with Crippen LogP contribution in [0.25, 0.3) is 10.2 Å². The Morgan fingerprint density at radius 3 is 2.73 bits per heavy atom. The maximum absolute atomic E-state index is 13.1. The van der Waals surface area contributed by atoms with Crippen LogP contribution in [0.5, 0.6) is 5.75 Å². The van der Waals surface area contributed by atoms with Gasteiger partial charge >= 0.3 is 0 Å². The quantitative estimate of drug-likeness (QED) is 0.674. The van der Waals surface area contributed by atoms with Crippen LogP contribution < -0.4 is 4.74 Å². The van der Waals surface area contributed by atoms with E-state index in [0.29, 0.717) is 10.9 Å². The molecule has 0 N–H and O–H groups in total. The van der Waals surface area contributed by atoms with Crippen LogP contribution in [-0.4, -0.2) is 36.0 Å². The Morgan fingerprint density at radius 1 is 1.15 bits per heavy atom. The van der Waals surface area contributed by atoms with Gasteiger partial charge in [-0.3, -0.25) is 4.79 Å². The van der Waals surface area contributed by atoms with E-state index in [9.17, 15) is 4.79 Å². The molecule has 134 valence electrons. The molecule has 1 aromatic heterocycles. The molecule has 1 unspecified atom stereocenters. The summed E-state index contributed by atoms with van der Waals surface area (Å²) in [5, 5.41) is 0.599. The number of ether oxygens (including phenoxy) is 1. The topological polar surface area (TPSA) is 42.4 Å². The number of carbonyl (C=O) groups excluding carboxylic acids is 1. The molecule has 0 bridgehead atoms. The standard InChI is InChI=1S/C21H22N2O2S/c1-25-17-11-9-15(10-12-17)16-6-4-5-13-23(14-16)21(24)20-22-18-7-2-3-8-19(18)26-20/h2-3,7-12,16H,4-6,13-14H2,1H3. The zero-order chi connectivity index (χ0) is 17.9. The zero-order valence-corrected chi connectivity index (χ0v) is 15.7. The van der Waals surface area contributed by atoms with Gasteiger partial charge in [0.15, 0.2) is 5.01 Å². The summed E-state index contributed by atoms with van der Waals surface area (Å²) in [6, 6.07) is 16.2. The van der Waals surface area contributed by atoms with Crippen LogP contribution in [0.2, 0.25) is 0 Å². The second-order valence-electron chi connectivity index (χ2n) is 6.70. The molecule has 26 heavy (non-hydrogen) atoms. The van der Waals surface area contributed by atoms with E-state index in [1.807, 2.05) is 41.3 Å². The molecule has 1 fully saturated rings. The summed E-state index contributed by atoms with van der Waals surface area (Å²) in [4.78, 5) is 19.6. The van der Waals surface area contributed by atoms with Crippen LogP contribution in [0.15, 0.2) is 48.5 Å². The molecule has 0 spiro atoms. The minimum Gasteiger partial charge on any atom is -0.497 e. The van der Waals surface area contributed by atoms with Crippen LogP contribution in [0.4, 0.5) is 0 Å². The van der Waals surface area contributed by atoms with Gasteiger partial charge in [-0.05, 0) is 42.7 Å². The van der Waals surface area contributed by atoms with Crippen LogP contribution in [0.1, 0.15) is 40.5 Å². The SMILES string of the molecule is COc1ccc(C2CCCCN(C(=O)c3nc4ccccc4s3)C2)cc1. The molecule has 1 aliphatic rings. The summed E-state index contributed by atoms with van der Waals surface area (Å²) in [6.45, 7) is 1.56. The average molecular weight is 366 g/mol. The average Bonchev–Trinajstić information content (AvgIpc) is 2.97. The van der Waals surface area contributed by atoms with Gasteiger partial charge in [-0.25, -0.2) is 4.98 Å². The highest BCUT2D eigenvalue weighted by Gasteiger charge is 2.26. The van der Waals surface area contributed by atoms with E-state index >= 15 is 0 Å². The number of thiazole rings is 1. The number of benzene rings is 2. The van der Waals surface area contributed by atoms with Crippen molar-refractivity contribution in [2.75, 3.05) is 20.2 Å². The molecule has 1 amide bonds. The number of likely N-dealkylation sites (tertiary alicyclic amines) is 1. The first-order valence-electron chi connectivity index (χ1n) is 9.03. The Kier molecular flexibility index (Phi) is 4.89. The Morgan fingerprint density at radius 2 is 1.96 bits per heavy atom. The third-order valence-electron chi connectivity index (χ3n) is 5.02. The van der Waals surface area contributed by atoms with Crippen molar-refractivity contribution in [3.8, 4) is 5.75 Å². The highest BCUT2D eigenvalue weighted by Crippen LogP contribution is 2.30. The Balaban J connectivity index is 1.55. The number of fused-ring (bicyclic) bond motifs is 1. The van der Waals surface area contributed by atoms with E-state index < -0.39 is 0 Å². The van der Waals surface area contributed by atoms with Gasteiger partial charge in [0.2, 0.25) is 0 Å². The molecular formula is C21H22N2O2S. The summed E-state index contributed by atoms with van der Waals surface area (Å²) in [7, 11) is 1.68. The first-order chi connectivity index (χ1) is 12.7. The van der Waals surface area contributed by atoms with Crippen molar-refractivity contribution < 1.29 is 9.53 Å². The van der Waals surface area contributed by atoms with Crippen LogP contribution in [0, 0.1) is 0 Å². The van der Waals surface area contributed by atoms with Crippen LogP contribution in [0.3, 0.4) is 0 Å². The number of carbonyl (C=O) groups is 1. The molecule has 0 radical (unpaired) electrons. The van der Waals surface area contributed by atoms with Gasteiger partial charge in [0.05, 0.1) is 17.3 Å². The lowest BCUT2D eigenvalue weighted by Gasteiger charge is -2.24. The van der Waals surface area contributed by atoms with Gasteiger partial charge in [0, 0.05) is 19.0 Å². The van der Waals surface area contributed by atoms with Crippen molar-refractivity contribution in [2.45, 2.75) is 25.2 Å². The molecule has 2 aromatic carbocycles. The fraction of sp³-hybridized carbons (Fsp3) is 0.333. The van der Waals surface area contributed by atoms with E-state index in [4.69, 9.17) is 4.74 Å². The molecule has 3 aromatic rings. The van der Waals surface area contributed by atoms with E-state index in [-0.39, 0.29) is 5.91 Å². The van der Waals surface area contributed by atoms with Crippen LogP contribution >= 0.6 is 11.3 Å². The van der Waals surface area contributed by atoms with E-state index in [0.717, 1.165) is 48.3 Å². The molecule has 0 aliphatic carbocycles. The first-order valence-corrected chi connectivity index (χ1v) is 9.85. The smallest absolute Gasteiger partial charge is 0.282 e. The first kappa shape index (κ1) is 17.0. The second kappa shape index (κ2) is 7.46. The summed E-state index contributed by atoms with van der Waals surface area (Å²) >= 11 is 1.49. The van der Waals surface area contributed by atoms with Crippen molar-refractivity contribution in [2.24, 2.45) is 0 Å². The molecule has 1 saturated heterocycles. The fourth-order valence-corrected chi connectivity index (χ4v) is 4.51. The number of rotatable bonds is 3. The van der Waals surface area contributed by atoms with Gasteiger partial charge in [0.25, 0.3) is 5.91 Å². The number of hydrogen-bond donors (Lipinski definition) is 0. The molecular weight excluding hydrogens is 344 g/mol. The normalized spacial score (nSPS) is 17.9. The lowest BCUT2D eigenvalue weighted by molar-refractivity contribution is 0.0754. The Labute approximate surface area is 157 Å². The number of nitrogens with zero attached hydrogens (tertiary/aromatic N) is 2. The number of aromatic nitrogens is 1. The lowest BCUT2D eigenvalue weighted by atomic mass is 9.94. The van der Waals surface area contributed by atoms with Crippen molar-refractivity contribution in [1.82, 2.24) is 9.88 Å². The minimum absolute atomic E-state index is 0.0617. The fourth-order valence-electron chi connectivity index (χ4n) is 3.57. The summed E-state index contributed by atoms with van der Waals surface area (Å²) in [5.41, 5.74) is 2.18. The third kappa shape index (κ3) is 3.44. The summed E-state index contributed by atoms with van der Waals surface area (Å²) in [6.07, 6.45) is 3.29. The zero-order valence-electron chi connectivity index (χ0n) is 14.9. The van der Waals surface area contributed by atoms with Crippen molar-refractivity contribution in [1.29, 1.82) is 0 Å². The van der Waals surface area contributed by atoms with Gasteiger partial charge in [-0.1, -0.05) is 30.7 Å². The van der Waals surface area contributed by atoms with E-state index in [1.165, 1.54) is 16.9 Å². The van der Waals surface area contributed by atoms with Gasteiger partial charge in [-0.15, -0.1) is 11.3 Å². The minimum atomic E-state index is 0.0617. The van der Waals surface area contributed by atoms with Crippen molar-refractivity contribution >= 4 is 27.5 Å². The monoisotopic (exact) mass is 366 g/mol. The maximum atomic E-state index is 13.1. The largest absolute Gasteiger partial charge is 0.497 e. The number of hydrogen-bond acceptors (Lipinski definition) is 4. The lowest BCUT2D eigenvalue weighted by Crippen LogP contribution is -2.34.